The number of nitrogens with two attached hydrogens (primary N) is 1. The van der Waals surface area contributed by atoms with E-state index in [4.69, 9.17) is 5.84 Å². The molecule has 2 rings (SSSR count). The van der Waals surface area contributed by atoms with Crippen molar-refractivity contribution in [3.8, 4) is 0 Å². The maximum absolute atomic E-state index is 12.3. The van der Waals surface area contributed by atoms with Gasteiger partial charge in [-0.15, -0.1) is 0 Å². The molecular weight excluding hydrogens is 265 g/mol. The molecule has 1 aliphatic carbocycles. The number of hydrogen-bond acceptors (Lipinski definition) is 2. The summed E-state index contributed by atoms with van der Waals surface area (Å²) >= 11 is 0. The number of hydrogen-bond donors (Lipinski definition) is 2. The van der Waals surface area contributed by atoms with Gasteiger partial charge in [0.2, 0.25) is 0 Å². The molecule has 0 aromatic heterocycles. The topological polar surface area (TPSA) is 38.0 Å². The zero-order valence-electron chi connectivity index (χ0n) is 11.4. The molecule has 0 heterocycles. The van der Waals surface area contributed by atoms with Crippen LogP contribution in [0.15, 0.2) is 24.3 Å². The fourth-order valence-electron chi connectivity index (χ4n) is 3.05. The lowest BCUT2D eigenvalue weighted by Crippen LogP contribution is -2.37. The van der Waals surface area contributed by atoms with Crippen molar-refractivity contribution in [3.05, 3.63) is 35.4 Å². The maximum Gasteiger partial charge on any atom is 0.389 e. The van der Waals surface area contributed by atoms with E-state index in [1.54, 1.807) is 0 Å². The summed E-state index contributed by atoms with van der Waals surface area (Å²) in [6, 6.07) is 7.94. The van der Waals surface area contributed by atoms with E-state index in [9.17, 15) is 13.2 Å². The van der Waals surface area contributed by atoms with Gasteiger partial charge in [-0.2, -0.15) is 13.2 Å². The van der Waals surface area contributed by atoms with Crippen LogP contribution >= 0.6 is 0 Å². The summed E-state index contributed by atoms with van der Waals surface area (Å²) in [5, 5.41) is 0. The van der Waals surface area contributed by atoms with Gasteiger partial charge in [0.1, 0.15) is 0 Å². The molecule has 1 aromatic rings. The Kier molecular flexibility index (Phi) is 5.05. The molecule has 0 saturated heterocycles. The molecule has 112 valence electrons. The summed E-state index contributed by atoms with van der Waals surface area (Å²) in [7, 11) is 0. The first-order chi connectivity index (χ1) is 9.49. The first-order valence-corrected chi connectivity index (χ1v) is 7.10. The summed E-state index contributed by atoms with van der Waals surface area (Å²) in [4.78, 5) is 0. The van der Waals surface area contributed by atoms with Gasteiger partial charge in [-0.05, 0) is 49.1 Å². The summed E-state index contributed by atoms with van der Waals surface area (Å²) in [6.07, 6.45) is -0.993. The van der Waals surface area contributed by atoms with Gasteiger partial charge in [0.25, 0.3) is 0 Å². The molecule has 0 saturated carbocycles. The van der Waals surface area contributed by atoms with Crippen molar-refractivity contribution in [2.75, 3.05) is 0 Å². The van der Waals surface area contributed by atoms with E-state index in [1.165, 1.54) is 11.1 Å². The lowest BCUT2D eigenvalue weighted by molar-refractivity contribution is -0.136. The number of aryl methyl sites for hydroxylation is 1. The minimum Gasteiger partial charge on any atom is -0.271 e. The second-order valence-electron chi connectivity index (χ2n) is 5.54. The predicted octanol–water partition coefficient (Wildman–Crippen LogP) is 3.67. The Bertz CT molecular complexity index is 431. The zero-order valence-corrected chi connectivity index (χ0v) is 11.4. The van der Waals surface area contributed by atoms with Crippen molar-refractivity contribution in [1.29, 1.82) is 0 Å². The Labute approximate surface area is 117 Å². The van der Waals surface area contributed by atoms with E-state index in [0.29, 0.717) is 12.3 Å². The molecular formula is C15H21F3N2. The minimum absolute atomic E-state index is 0.0403. The number of hydrazine groups is 1. The predicted molar refractivity (Wildman–Crippen MR) is 73.1 cm³/mol. The van der Waals surface area contributed by atoms with Crippen LogP contribution in [0.25, 0.3) is 0 Å². The largest absolute Gasteiger partial charge is 0.389 e. The van der Waals surface area contributed by atoms with Crippen molar-refractivity contribution in [2.24, 2.45) is 5.84 Å². The Hall–Kier alpha value is -1.07. The van der Waals surface area contributed by atoms with Crippen LogP contribution in [0.2, 0.25) is 0 Å². The number of alkyl halides is 3. The first-order valence-electron chi connectivity index (χ1n) is 7.10. The van der Waals surface area contributed by atoms with Gasteiger partial charge in [-0.25, -0.2) is 0 Å². The molecule has 3 N–H and O–H groups in total. The summed E-state index contributed by atoms with van der Waals surface area (Å²) in [5.41, 5.74) is 5.17. The van der Waals surface area contributed by atoms with Gasteiger partial charge in [0.05, 0.1) is 0 Å². The second kappa shape index (κ2) is 6.59. The van der Waals surface area contributed by atoms with E-state index >= 15 is 0 Å². The van der Waals surface area contributed by atoms with Crippen LogP contribution in [-0.4, -0.2) is 12.2 Å². The standard InChI is InChI=1S/C15H21F3N2/c16-15(17,18)9-8-13(20-19)10-12-6-3-5-11-4-1-2-7-14(11)12/h1-2,4,7,12-13,20H,3,5-6,8-10,19H2. The molecule has 20 heavy (non-hydrogen) atoms. The molecule has 2 unspecified atom stereocenters. The van der Waals surface area contributed by atoms with Crippen LogP contribution < -0.4 is 11.3 Å². The molecule has 5 heteroatoms. The van der Waals surface area contributed by atoms with Crippen LogP contribution in [-0.2, 0) is 6.42 Å². The quantitative estimate of drug-likeness (QED) is 0.640. The third-order valence-corrected chi connectivity index (χ3v) is 4.07. The third-order valence-electron chi connectivity index (χ3n) is 4.07. The average molecular weight is 286 g/mol. The lowest BCUT2D eigenvalue weighted by atomic mass is 9.79. The Morgan fingerprint density at radius 2 is 2.05 bits per heavy atom. The molecule has 1 aliphatic rings. The fraction of sp³-hybridized carbons (Fsp3) is 0.600. The Morgan fingerprint density at radius 3 is 2.75 bits per heavy atom. The molecule has 0 spiro atoms. The van der Waals surface area contributed by atoms with Crippen LogP contribution in [0.5, 0.6) is 0 Å². The summed E-state index contributed by atoms with van der Waals surface area (Å²) < 4.78 is 36.9. The zero-order chi connectivity index (χ0) is 14.6. The van der Waals surface area contributed by atoms with Gasteiger partial charge in [0, 0.05) is 12.5 Å². The molecule has 0 aliphatic heterocycles. The number of benzene rings is 1. The van der Waals surface area contributed by atoms with Crippen molar-refractivity contribution in [1.82, 2.24) is 5.43 Å². The van der Waals surface area contributed by atoms with Gasteiger partial charge in [-0.3, -0.25) is 11.3 Å². The SMILES string of the molecule is NNC(CCC(F)(F)F)CC1CCCc2ccccc21. The second-order valence-corrected chi connectivity index (χ2v) is 5.54. The van der Waals surface area contributed by atoms with E-state index < -0.39 is 12.6 Å². The molecule has 2 atom stereocenters. The van der Waals surface area contributed by atoms with Gasteiger partial charge in [0.15, 0.2) is 0 Å². The van der Waals surface area contributed by atoms with E-state index in [1.807, 2.05) is 12.1 Å². The number of rotatable bonds is 5. The van der Waals surface area contributed by atoms with Crippen LogP contribution in [0, 0.1) is 0 Å². The normalized spacial score (nSPS) is 20.5. The highest BCUT2D eigenvalue weighted by Gasteiger charge is 2.29. The number of nitrogens with one attached hydrogen (secondary N) is 1. The summed E-state index contributed by atoms with van der Waals surface area (Å²) in [6.45, 7) is 0. The molecule has 0 bridgehead atoms. The fourth-order valence-corrected chi connectivity index (χ4v) is 3.05. The average Bonchev–Trinajstić information content (AvgIpc) is 2.42. The lowest BCUT2D eigenvalue weighted by Gasteiger charge is -2.29. The van der Waals surface area contributed by atoms with E-state index in [-0.39, 0.29) is 12.5 Å². The van der Waals surface area contributed by atoms with Gasteiger partial charge in [-0.1, -0.05) is 24.3 Å². The number of fused-ring (bicyclic) bond motifs is 1. The van der Waals surface area contributed by atoms with Crippen molar-refractivity contribution < 1.29 is 13.2 Å². The highest BCUT2D eigenvalue weighted by molar-refractivity contribution is 5.32. The minimum atomic E-state index is -4.11. The highest BCUT2D eigenvalue weighted by Crippen LogP contribution is 2.35. The maximum atomic E-state index is 12.3. The van der Waals surface area contributed by atoms with Crippen LogP contribution in [0.4, 0.5) is 13.2 Å². The molecule has 1 aromatic carbocycles. The van der Waals surface area contributed by atoms with Crippen LogP contribution in [0.3, 0.4) is 0 Å². The Morgan fingerprint density at radius 1 is 1.30 bits per heavy atom. The third kappa shape index (κ3) is 4.21. The molecule has 0 fully saturated rings. The van der Waals surface area contributed by atoms with E-state index in [0.717, 1.165) is 19.3 Å². The van der Waals surface area contributed by atoms with Crippen LogP contribution in [0.1, 0.15) is 49.1 Å². The van der Waals surface area contributed by atoms with Gasteiger partial charge >= 0.3 is 6.18 Å². The van der Waals surface area contributed by atoms with E-state index in [2.05, 4.69) is 17.6 Å². The summed E-state index contributed by atoms with van der Waals surface area (Å²) in [5.74, 6) is 5.74. The molecule has 2 nitrogen and oxygen atoms in total. The monoisotopic (exact) mass is 286 g/mol. The van der Waals surface area contributed by atoms with Gasteiger partial charge < -0.3 is 0 Å². The van der Waals surface area contributed by atoms with Crippen molar-refractivity contribution >= 4 is 0 Å². The van der Waals surface area contributed by atoms with Crippen molar-refractivity contribution in [3.63, 3.8) is 0 Å². The molecule has 0 amide bonds. The smallest absolute Gasteiger partial charge is 0.271 e. The first kappa shape index (κ1) is 15.3. The Balaban J connectivity index is 1.98. The molecule has 0 radical (unpaired) electrons. The highest BCUT2D eigenvalue weighted by atomic mass is 19.4. The van der Waals surface area contributed by atoms with Crippen molar-refractivity contribution in [2.45, 2.75) is 56.7 Å². The number of halogens is 3.